The average Bonchev–Trinajstić information content (AvgIpc) is 2.75. The molecule has 3 rings (SSSR count). The van der Waals surface area contributed by atoms with Gasteiger partial charge in [0.25, 0.3) is 0 Å². The normalized spacial score (nSPS) is 19.4. The number of aromatic nitrogens is 1. The number of rotatable bonds is 10. The van der Waals surface area contributed by atoms with Crippen LogP contribution >= 0.6 is 0 Å². The van der Waals surface area contributed by atoms with Gasteiger partial charge in [-0.1, -0.05) is 95.4 Å². The lowest BCUT2D eigenvalue weighted by Crippen LogP contribution is -2.15. The smallest absolute Gasteiger partial charge is 0.225 e. The molecule has 0 N–H and O–H groups in total. The second kappa shape index (κ2) is 11.4. The van der Waals surface area contributed by atoms with Crippen LogP contribution in [0.25, 0.3) is 11.1 Å². The summed E-state index contributed by atoms with van der Waals surface area (Å²) in [5.74, 6) is -0.113. The van der Waals surface area contributed by atoms with E-state index in [9.17, 15) is 8.78 Å². The number of hydrogen-bond donors (Lipinski definition) is 0. The zero-order valence-electron chi connectivity index (χ0n) is 17.8. The van der Waals surface area contributed by atoms with Gasteiger partial charge in [0.05, 0.1) is 0 Å². The molecular weight excluding hydrogens is 364 g/mol. The molecular formula is C26H35F2N. The minimum atomic E-state index is -1.04. The van der Waals surface area contributed by atoms with Crippen molar-refractivity contribution >= 4 is 0 Å². The van der Waals surface area contributed by atoms with Crippen molar-refractivity contribution in [3.63, 3.8) is 0 Å². The van der Waals surface area contributed by atoms with Crippen LogP contribution in [0.15, 0.2) is 36.5 Å². The molecule has 1 aromatic heterocycles. The van der Waals surface area contributed by atoms with Crippen molar-refractivity contribution in [2.24, 2.45) is 11.8 Å². The first kappa shape index (κ1) is 21.9. The molecule has 2 aromatic rings. The van der Waals surface area contributed by atoms with E-state index in [-0.39, 0.29) is 0 Å². The van der Waals surface area contributed by atoms with Crippen molar-refractivity contribution in [3.8, 4) is 11.1 Å². The molecule has 1 saturated carbocycles. The van der Waals surface area contributed by atoms with Crippen molar-refractivity contribution < 1.29 is 8.78 Å². The highest BCUT2D eigenvalue weighted by atomic mass is 19.2. The van der Waals surface area contributed by atoms with Crippen LogP contribution < -0.4 is 0 Å². The van der Waals surface area contributed by atoms with E-state index in [1.807, 2.05) is 12.1 Å². The van der Waals surface area contributed by atoms with E-state index in [0.29, 0.717) is 5.56 Å². The number of nitrogens with zero attached hydrogens (tertiary/aromatic N) is 1. The summed E-state index contributed by atoms with van der Waals surface area (Å²) < 4.78 is 26.4. The Kier molecular flexibility index (Phi) is 8.64. The van der Waals surface area contributed by atoms with Crippen LogP contribution in [0.5, 0.6) is 0 Å². The van der Waals surface area contributed by atoms with Crippen molar-refractivity contribution in [1.29, 1.82) is 0 Å². The summed E-state index contributed by atoms with van der Waals surface area (Å²) in [6, 6.07) is 9.40. The minimum absolute atomic E-state index is 0.614. The lowest BCUT2D eigenvalue weighted by molar-refractivity contribution is 0.248. The quantitative estimate of drug-likeness (QED) is 0.290. The first-order chi connectivity index (χ1) is 14.2. The van der Waals surface area contributed by atoms with E-state index in [2.05, 4.69) is 24.0 Å². The van der Waals surface area contributed by atoms with Gasteiger partial charge in [-0.3, -0.25) is 0 Å². The third kappa shape index (κ3) is 6.90. The molecule has 1 aliphatic carbocycles. The van der Waals surface area contributed by atoms with Crippen LogP contribution in [0.3, 0.4) is 0 Å². The molecule has 1 fully saturated rings. The number of unbranched alkanes of at least 4 members (excludes halogenated alkanes) is 4. The highest BCUT2D eigenvalue weighted by Gasteiger charge is 2.20. The maximum Gasteiger partial charge on any atom is 0.248 e. The number of benzene rings is 1. The number of aryl methyl sites for hydroxylation is 1. The third-order valence-corrected chi connectivity index (χ3v) is 6.61. The molecule has 0 amide bonds. The Balaban J connectivity index is 1.38. The zero-order chi connectivity index (χ0) is 20.5. The second-order valence-electron chi connectivity index (χ2n) is 8.82. The summed E-state index contributed by atoms with van der Waals surface area (Å²) >= 11 is 0. The molecule has 1 heterocycles. The Labute approximate surface area is 175 Å². The van der Waals surface area contributed by atoms with Crippen LogP contribution in [0.2, 0.25) is 0 Å². The van der Waals surface area contributed by atoms with Crippen LogP contribution in [0.4, 0.5) is 8.78 Å². The SMILES string of the molecule is CCCCCCCC1CCC(CCc2ccc(-c3cnc(F)c(F)c3)cc2)CC1. The average molecular weight is 400 g/mol. The van der Waals surface area contributed by atoms with E-state index in [4.69, 9.17) is 0 Å². The maximum atomic E-state index is 13.4. The van der Waals surface area contributed by atoms with Gasteiger partial charge in [0.1, 0.15) is 0 Å². The molecule has 0 unspecified atom stereocenters. The Hall–Kier alpha value is -1.77. The molecule has 3 heteroatoms. The monoisotopic (exact) mass is 399 g/mol. The van der Waals surface area contributed by atoms with Gasteiger partial charge in [-0.2, -0.15) is 4.39 Å². The molecule has 0 radical (unpaired) electrons. The first-order valence-corrected chi connectivity index (χ1v) is 11.6. The highest BCUT2D eigenvalue weighted by Crippen LogP contribution is 2.34. The predicted molar refractivity (Wildman–Crippen MR) is 117 cm³/mol. The largest absolute Gasteiger partial charge is 0.248 e. The van der Waals surface area contributed by atoms with Gasteiger partial charge in [0, 0.05) is 11.8 Å². The van der Waals surface area contributed by atoms with Crippen molar-refractivity contribution in [2.45, 2.75) is 84.0 Å². The van der Waals surface area contributed by atoms with Gasteiger partial charge in [0.15, 0.2) is 5.82 Å². The van der Waals surface area contributed by atoms with E-state index in [1.165, 1.54) is 88.5 Å². The fourth-order valence-corrected chi connectivity index (χ4v) is 4.66. The topological polar surface area (TPSA) is 12.9 Å². The summed E-state index contributed by atoms with van der Waals surface area (Å²) in [7, 11) is 0. The summed E-state index contributed by atoms with van der Waals surface area (Å²) in [4.78, 5) is 3.47. The van der Waals surface area contributed by atoms with Crippen LogP contribution in [0.1, 0.15) is 83.1 Å². The molecule has 0 spiro atoms. The second-order valence-corrected chi connectivity index (χ2v) is 8.82. The summed E-state index contributed by atoms with van der Waals surface area (Å²) in [6.07, 6.45) is 17.8. The molecule has 0 aliphatic heterocycles. The lowest BCUT2D eigenvalue weighted by Gasteiger charge is -2.28. The summed E-state index contributed by atoms with van der Waals surface area (Å²) in [5, 5.41) is 0. The summed E-state index contributed by atoms with van der Waals surface area (Å²) in [6.45, 7) is 2.28. The van der Waals surface area contributed by atoms with Gasteiger partial charge in [0.2, 0.25) is 5.95 Å². The van der Waals surface area contributed by atoms with Gasteiger partial charge in [-0.05, 0) is 41.9 Å². The molecule has 0 atom stereocenters. The predicted octanol–water partition coefficient (Wildman–Crippen LogP) is 8.13. The Bertz CT molecular complexity index is 733. The fourth-order valence-electron chi connectivity index (χ4n) is 4.66. The van der Waals surface area contributed by atoms with Crippen LogP contribution in [-0.2, 0) is 6.42 Å². The summed E-state index contributed by atoms with van der Waals surface area (Å²) in [5.41, 5.74) is 2.81. The fraction of sp³-hybridized carbons (Fsp3) is 0.577. The third-order valence-electron chi connectivity index (χ3n) is 6.61. The van der Waals surface area contributed by atoms with E-state index in [1.54, 1.807) is 0 Å². The standard InChI is InChI=1S/C26H35F2N/c1-2-3-4-5-6-7-20-8-10-21(11-9-20)12-13-22-14-16-23(17-15-22)24-18-25(27)26(28)29-19-24/h14-21H,2-13H2,1H3. The molecule has 1 nitrogen and oxygen atoms in total. The van der Waals surface area contributed by atoms with Crippen molar-refractivity contribution in [1.82, 2.24) is 4.98 Å². The molecule has 1 aromatic carbocycles. The molecule has 29 heavy (non-hydrogen) atoms. The van der Waals surface area contributed by atoms with E-state index >= 15 is 0 Å². The number of halogens is 2. The highest BCUT2D eigenvalue weighted by molar-refractivity contribution is 5.62. The van der Waals surface area contributed by atoms with Gasteiger partial charge in [-0.25, -0.2) is 9.37 Å². The van der Waals surface area contributed by atoms with Crippen molar-refractivity contribution in [2.75, 3.05) is 0 Å². The van der Waals surface area contributed by atoms with Crippen molar-refractivity contribution in [3.05, 3.63) is 53.9 Å². The van der Waals surface area contributed by atoms with Crippen LogP contribution in [-0.4, -0.2) is 4.98 Å². The first-order valence-electron chi connectivity index (χ1n) is 11.6. The maximum absolute atomic E-state index is 13.4. The van der Waals surface area contributed by atoms with Gasteiger partial charge >= 0.3 is 0 Å². The number of pyridine rings is 1. The van der Waals surface area contributed by atoms with Crippen LogP contribution in [0, 0.1) is 23.6 Å². The molecule has 0 saturated heterocycles. The number of hydrogen-bond acceptors (Lipinski definition) is 1. The van der Waals surface area contributed by atoms with Gasteiger partial charge < -0.3 is 0 Å². The Morgan fingerprint density at radius 2 is 1.48 bits per heavy atom. The molecule has 1 aliphatic rings. The molecule has 158 valence electrons. The Morgan fingerprint density at radius 1 is 0.828 bits per heavy atom. The Morgan fingerprint density at radius 3 is 2.14 bits per heavy atom. The van der Waals surface area contributed by atoms with E-state index in [0.717, 1.165) is 23.8 Å². The zero-order valence-corrected chi connectivity index (χ0v) is 17.8. The minimum Gasteiger partial charge on any atom is -0.225 e. The lowest BCUT2D eigenvalue weighted by atomic mass is 9.77. The molecule has 0 bridgehead atoms. The van der Waals surface area contributed by atoms with E-state index < -0.39 is 11.8 Å². The van der Waals surface area contributed by atoms with Gasteiger partial charge in [-0.15, -0.1) is 0 Å².